The molecule has 0 aliphatic carbocycles. The van der Waals surface area contributed by atoms with Crippen LogP contribution in [-0.2, 0) is 6.54 Å². The minimum Gasteiger partial charge on any atom is -0.302 e. The number of ketones is 1. The van der Waals surface area contributed by atoms with Crippen LogP contribution in [0.15, 0.2) is 47.1 Å². The summed E-state index contributed by atoms with van der Waals surface area (Å²) in [4.78, 5) is 17.3. The lowest BCUT2D eigenvalue weighted by atomic mass is 10.2. The van der Waals surface area contributed by atoms with Crippen molar-refractivity contribution in [3.05, 3.63) is 63.9 Å². The van der Waals surface area contributed by atoms with Gasteiger partial charge in [0.15, 0.2) is 21.9 Å². The monoisotopic (exact) mass is 457 g/mol. The van der Waals surface area contributed by atoms with Crippen molar-refractivity contribution < 1.29 is 4.79 Å². The molecule has 3 heterocycles. The minimum absolute atomic E-state index is 0.0644. The number of halogens is 1. The molecule has 0 bridgehead atoms. The number of Topliss-reactive ketones (excluding diaryl/α,β-unsaturated/α-hetero) is 1. The number of carbonyl (C=O) groups is 1. The van der Waals surface area contributed by atoms with E-state index in [4.69, 9.17) is 11.6 Å². The first-order valence-corrected chi connectivity index (χ1v) is 11.7. The van der Waals surface area contributed by atoms with Crippen LogP contribution < -0.4 is 0 Å². The lowest BCUT2D eigenvalue weighted by Gasteiger charge is -2.08. The predicted molar refractivity (Wildman–Crippen MR) is 122 cm³/mol. The smallest absolute Gasteiger partial charge is 0.193 e. The third-order valence-electron chi connectivity index (χ3n) is 4.81. The van der Waals surface area contributed by atoms with E-state index in [1.807, 2.05) is 65.6 Å². The first-order chi connectivity index (χ1) is 14.5. The van der Waals surface area contributed by atoms with E-state index < -0.39 is 0 Å². The van der Waals surface area contributed by atoms with Gasteiger partial charge in [-0.2, -0.15) is 0 Å². The number of hydrogen-bond acceptors (Lipinski definition) is 6. The Morgan fingerprint density at radius 1 is 1.20 bits per heavy atom. The molecule has 3 aromatic heterocycles. The van der Waals surface area contributed by atoms with Gasteiger partial charge in [0.2, 0.25) is 0 Å². The number of thiazole rings is 1. The zero-order valence-corrected chi connectivity index (χ0v) is 19.2. The van der Waals surface area contributed by atoms with Crippen molar-refractivity contribution in [3.63, 3.8) is 0 Å². The molecule has 0 aliphatic rings. The van der Waals surface area contributed by atoms with E-state index in [-0.39, 0.29) is 5.78 Å². The summed E-state index contributed by atoms with van der Waals surface area (Å²) in [7, 11) is 0. The Morgan fingerprint density at radius 2 is 1.97 bits per heavy atom. The van der Waals surface area contributed by atoms with Crippen molar-refractivity contribution in [1.29, 1.82) is 0 Å². The minimum atomic E-state index is 0.0644. The molecule has 0 atom stereocenters. The molecule has 0 saturated heterocycles. The van der Waals surface area contributed by atoms with Crippen LogP contribution in [0.25, 0.3) is 16.5 Å². The van der Waals surface area contributed by atoms with Crippen molar-refractivity contribution in [2.75, 3.05) is 5.75 Å². The molecule has 0 spiro atoms. The number of carbonyl (C=O) groups excluding carboxylic acids is 1. The summed E-state index contributed by atoms with van der Waals surface area (Å²) < 4.78 is 4.04. The van der Waals surface area contributed by atoms with Crippen LogP contribution in [0.2, 0.25) is 5.02 Å². The molecule has 154 valence electrons. The van der Waals surface area contributed by atoms with Crippen LogP contribution in [0.5, 0.6) is 0 Å². The maximum absolute atomic E-state index is 13.0. The Bertz CT molecular complexity index is 1180. The van der Waals surface area contributed by atoms with Crippen molar-refractivity contribution in [3.8, 4) is 16.5 Å². The molecule has 6 nitrogen and oxygen atoms in total. The van der Waals surface area contributed by atoms with E-state index in [9.17, 15) is 4.79 Å². The fourth-order valence-electron chi connectivity index (χ4n) is 3.37. The Labute approximate surface area is 187 Å². The quantitative estimate of drug-likeness (QED) is 0.272. The molecule has 9 heteroatoms. The number of thioether (sulfide) groups is 1. The van der Waals surface area contributed by atoms with Crippen molar-refractivity contribution in [1.82, 2.24) is 24.3 Å². The van der Waals surface area contributed by atoms with Crippen LogP contribution in [0, 0.1) is 13.8 Å². The Balaban J connectivity index is 1.54. The van der Waals surface area contributed by atoms with Gasteiger partial charge in [-0.05, 0) is 51.1 Å². The third-order valence-corrected chi connectivity index (χ3v) is 6.79. The number of rotatable bonds is 7. The van der Waals surface area contributed by atoms with E-state index in [1.54, 1.807) is 17.5 Å². The molecule has 0 amide bonds. The summed E-state index contributed by atoms with van der Waals surface area (Å²) in [6, 6.07) is 9.45. The lowest BCUT2D eigenvalue weighted by molar-refractivity contribution is 0.102. The second-order valence-corrected chi connectivity index (χ2v) is 8.96. The zero-order valence-electron chi connectivity index (χ0n) is 16.8. The Kier molecular flexibility index (Phi) is 6.08. The van der Waals surface area contributed by atoms with Gasteiger partial charge in [-0.25, -0.2) is 4.98 Å². The summed E-state index contributed by atoms with van der Waals surface area (Å²) in [6.45, 7) is 6.69. The Hall–Kier alpha value is -2.42. The topological polar surface area (TPSA) is 65.6 Å². The molecule has 0 radical (unpaired) electrons. The highest BCUT2D eigenvalue weighted by Gasteiger charge is 2.20. The lowest BCUT2D eigenvalue weighted by Crippen LogP contribution is -2.07. The molecule has 4 aromatic rings. The summed E-state index contributed by atoms with van der Waals surface area (Å²) >= 11 is 8.95. The van der Waals surface area contributed by atoms with Gasteiger partial charge < -0.3 is 4.57 Å². The molecular formula is C21H20ClN5OS2. The average Bonchev–Trinajstić information content (AvgIpc) is 3.46. The number of hydrogen-bond donors (Lipinski definition) is 0. The first-order valence-electron chi connectivity index (χ1n) is 9.43. The van der Waals surface area contributed by atoms with Gasteiger partial charge in [-0.15, -0.1) is 21.5 Å². The standard InChI is InChI=1S/C21H20ClN5OS2/c1-4-26-19(15-5-7-16(22)8-6-15)24-25-21(26)30-12-18(28)17-11-13(2)27(14(17)3)20-23-9-10-29-20/h5-11H,4,12H2,1-3H3. The average molecular weight is 458 g/mol. The highest BCUT2D eigenvalue weighted by Crippen LogP contribution is 2.27. The maximum Gasteiger partial charge on any atom is 0.193 e. The summed E-state index contributed by atoms with van der Waals surface area (Å²) in [5, 5.41) is 12.9. The molecule has 30 heavy (non-hydrogen) atoms. The highest BCUT2D eigenvalue weighted by molar-refractivity contribution is 7.99. The highest BCUT2D eigenvalue weighted by atomic mass is 35.5. The van der Waals surface area contributed by atoms with E-state index in [2.05, 4.69) is 15.2 Å². The zero-order chi connectivity index (χ0) is 21.3. The van der Waals surface area contributed by atoms with Crippen molar-refractivity contribution >= 4 is 40.5 Å². The first kappa shape index (κ1) is 20.8. The second kappa shape index (κ2) is 8.75. The number of nitrogens with zero attached hydrogens (tertiary/aromatic N) is 5. The van der Waals surface area contributed by atoms with Gasteiger partial charge in [-0.1, -0.05) is 23.4 Å². The third kappa shape index (κ3) is 3.95. The fourth-order valence-corrected chi connectivity index (χ4v) is 5.13. The molecule has 0 N–H and O–H groups in total. The van der Waals surface area contributed by atoms with E-state index in [0.29, 0.717) is 17.3 Å². The fraction of sp³-hybridized carbons (Fsp3) is 0.238. The molecule has 0 fully saturated rings. The van der Waals surface area contributed by atoms with E-state index in [0.717, 1.165) is 38.6 Å². The largest absolute Gasteiger partial charge is 0.302 e. The molecule has 0 saturated carbocycles. The SMILES string of the molecule is CCn1c(SCC(=O)c2cc(C)n(-c3nccs3)c2C)nnc1-c1ccc(Cl)cc1. The van der Waals surface area contributed by atoms with Gasteiger partial charge in [0.25, 0.3) is 0 Å². The van der Waals surface area contributed by atoms with Crippen LogP contribution in [0.1, 0.15) is 28.7 Å². The number of aryl methyl sites for hydroxylation is 1. The Morgan fingerprint density at radius 3 is 2.63 bits per heavy atom. The molecule has 0 unspecified atom stereocenters. The summed E-state index contributed by atoms with van der Waals surface area (Å²) in [5.74, 6) is 1.13. The van der Waals surface area contributed by atoms with Crippen molar-refractivity contribution in [2.45, 2.75) is 32.5 Å². The van der Waals surface area contributed by atoms with Crippen LogP contribution >= 0.6 is 34.7 Å². The number of benzene rings is 1. The van der Waals surface area contributed by atoms with Gasteiger partial charge >= 0.3 is 0 Å². The van der Waals surface area contributed by atoms with Gasteiger partial charge in [-0.3, -0.25) is 9.36 Å². The molecular weight excluding hydrogens is 438 g/mol. The van der Waals surface area contributed by atoms with Crippen LogP contribution in [-0.4, -0.2) is 35.9 Å². The summed E-state index contributed by atoms with van der Waals surface area (Å²) in [6.07, 6.45) is 1.77. The predicted octanol–water partition coefficient (Wildman–Crippen LogP) is 5.46. The van der Waals surface area contributed by atoms with Gasteiger partial charge in [0.1, 0.15) is 0 Å². The molecule has 1 aromatic carbocycles. The molecule has 4 rings (SSSR count). The normalized spacial score (nSPS) is 11.2. The van der Waals surface area contributed by atoms with E-state index in [1.165, 1.54) is 11.8 Å². The van der Waals surface area contributed by atoms with Crippen LogP contribution in [0.3, 0.4) is 0 Å². The van der Waals surface area contributed by atoms with Gasteiger partial charge in [0.05, 0.1) is 5.75 Å². The van der Waals surface area contributed by atoms with Crippen LogP contribution in [0.4, 0.5) is 0 Å². The maximum atomic E-state index is 13.0. The van der Waals surface area contributed by atoms with Gasteiger partial charge in [0, 0.05) is 45.7 Å². The second-order valence-electron chi connectivity index (χ2n) is 6.70. The summed E-state index contributed by atoms with van der Waals surface area (Å²) in [5.41, 5.74) is 3.57. The molecule has 0 aliphatic heterocycles. The van der Waals surface area contributed by atoms with Crippen molar-refractivity contribution in [2.24, 2.45) is 0 Å². The van der Waals surface area contributed by atoms with E-state index >= 15 is 0 Å². The number of aromatic nitrogens is 5.